The SMILES string of the molecule is C[C@H]1SCc2ncnc(NCCNC(=O)C(Cc3ccc(Cl)cc3)C3(N)CC3)c21. The first-order valence-electron chi connectivity index (χ1n) is 9.96. The highest BCUT2D eigenvalue weighted by molar-refractivity contribution is 7.99. The molecule has 0 radical (unpaired) electrons. The van der Waals surface area contributed by atoms with Crippen LogP contribution in [-0.2, 0) is 17.0 Å². The van der Waals surface area contributed by atoms with E-state index in [1.807, 2.05) is 36.0 Å². The fraction of sp³-hybridized carbons (Fsp3) is 0.476. The van der Waals surface area contributed by atoms with E-state index in [2.05, 4.69) is 27.5 Å². The van der Waals surface area contributed by atoms with Gasteiger partial charge in [0.15, 0.2) is 0 Å². The molecule has 8 heteroatoms. The van der Waals surface area contributed by atoms with Crippen molar-refractivity contribution in [1.82, 2.24) is 15.3 Å². The topological polar surface area (TPSA) is 92.9 Å². The average Bonchev–Trinajstić information content (AvgIpc) is 3.35. The number of hydrogen-bond donors (Lipinski definition) is 3. The number of anilines is 1. The lowest BCUT2D eigenvalue weighted by molar-refractivity contribution is -0.125. The molecule has 1 aromatic heterocycles. The molecule has 29 heavy (non-hydrogen) atoms. The maximum atomic E-state index is 12.9. The van der Waals surface area contributed by atoms with Gasteiger partial charge in [-0.3, -0.25) is 4.79 Å². The van der Waals surface area contributed by atoms with E-state index < -0.39 is 5.54 Å². The summed E-state index contributed by atoms with van der Waals surface area (Å²) >= 11 is 7.84. The average molecular weight is 432 g/mol. The highest BCUT2D eigenvalue weighted by Gasteiger charge is 2.48. The molecule has 1 unspecified atom stereocenters. The van der Waals surface area contributed by atoms with Gasteiger partial charge in [-0.05, 0) is 43.9 Å². The van der Waals surface area contributed by atoms with Gasteiger partial charge in [0, 0.05) is 40.2 Å². The van der Waals surface area contributed by atoms with Crippen LogP contribution in [0.2, 0.25) is 5.02 Å². The van der Waals surface area contributed by atoms with E-state index in [-0.39, 0.29) is 11.8 Å². The number of carbonyl (C=O) groups excluding carboxylic acids is 1. The minimum absolute atomic E-state index is 0.0126. The predicted molar refractivity (Wildman–Crippen MR) is 118 cm³/mol. The van der Waals surface area contributed by atoms with Crippen LogP contribution in [0.4, 0.5) is 5.82 Å². The Morgan fingerprint density at radius 3 is 2.79 bits per heavy atom. The number of fused-ring (bicyclic) bond motifs is 1. The molecular formula is C21H26ClN5OS. The van der Waals surface area contributed by atoms with Crippen molar-refractivity contribution in [2.75, 3.05) is 18.4 Å². The molecule has 2 aliphatic rings. The number of thioether (sulfide) groups is 1. The van der Waals surface area contributed by atoms with Gasteiger partial charge < -0.3 is 16.4 Å². The van der Waals surface area contributed by atoms with Crippen molar-refractivity contribution >= 4 is 35.1 Å². The Morgan fingerprint density at radius 2 is 2.07 bits per heavy atom. The Hall–Kier alpha value is -1.83. The first kappa shape index (κ1) is 20.4. The largest absolute Gasteiger partial charge is 0.368 e. The van der Waals surface area contributed by atoms with Crippen LogP contribution in [0, 0.1) is 5.92 Å². The second-order valence-corrected chi connectivity index (χ2v) is 9.64. The second-order valence-electron chi connectivity index (χ2n) is 7.87. The Labute approximate surface area is 180 Å². The first-order valence-corrected chi connectivity index (χ1v) is 11.4. The smallest absolute Gasteiger partial charge is 0.225 e. The Kier molecular flexibility index (Phi) is 5.99. The summed E-state index contributed by atoms with van der Waals surface area (Å²) in [6.45, 7) is 3.30. The first-order chi connectivity index (χ1) is 14.0. The highest BCUT2D eigenvalue weighted by Crippen LogP contribution is 2.43. The van der Waals surface area contributed by atoms with E-state index in [1.54, 1.807) is 6.33 Å². The minimum atomic E-state index is -0.392. The van der Waals surface area contributed by atoms with Gasteiger partial charge in [-0.15, -0.1) is 11.8 Å². The van der Waals surface area contributed by atoms with Crippen molar-refractivity contribution in [2.24, 2.45) is 11.7 Å². The van der Waals surface area contributed by atoms with Gasteiger partial charge in [0.2, 0.25) is 5.91 Å². The molecule has 0 bridgehead atoms. The quantitative estimate of drug-likeness (QED) is 0.555. The lowest BCUT2D eigenvalue weighted by atomic mass is 9.89. The van der Waals surface area contributed by atoms with Crippen LogP contribution in [0.1, 0.15) is 41.8 Å². The van der Waals surface area contributed by atoms with Crippen molar-refractivity contribution in [3.8, 4) is 0 Å². The molecule has 4 N–H and O–H groups in total. The number of amides is 1. The number of benzene rings is 1. The number of nitrogens with one attached hydrogen (secondary N) is 2. The van der Waals surface area contributed by atoms with E-state index in [9.17, 15) is 4.79 Å². The number of carbonyl (C=O) groups is 1. The number of rotatable bonds is 8. The highest BCUT2D eigenvalue weighted by atomic mass is 35.5. The number of nitrogens with two attached hydrogens (primary N) is 1. The Balaban J connectivity index is 1.32. The lowest BCUT2D eigenvalue weighted by Crippen LogP contribution is -2.45. The maximum Gasteiger partial charge on any atom is 0.225 e. The normalized spacial score (nSPS) is 20.0. The number of hydrogen-bond acceptors (Lipinski definition) is 6. The van der Waals surface area contributed by atoms with Crippen LogP contribution in [-0.4, -0.2) is 34.5 Å². The fourth-order valence-electron chi connectivity index (χ4n) is 3.80. The van der Waals surface area contributed by atoms with Crippen molar-refractivity contribution in [1.29, 1.82) is 0 Å². The zero-order chi connectivity index (χ0) is 20.4. The molecular weight excluding hydrogens is 406 g/mol. The molecule has 1 saturated carbocycles. The third-order valence-electron chi connectivity index (χ3n) is 5.75. The van der Waals surface area contributed by atoms with Gasteiger partial charge in [-0.2, -0.15) is 0 Å². The van der Waals surface area contributed by atoms with E-state index in [0.717, 1.165) is 35.7 Å². The Bertz CT molecular complexity index is 887. The van der Waals surface area contributed by atoms with Gasteiger partial charge >= 0.3 is 0 Å². The third-order valence-corrected chi connectivity index (χ3v) is 7.18. The molecule has 6 nitrogen and oxygen atoms in total. The summed E-state index contributed by atoms with van der Waals surface area (Å²) in [6, 6.07) is 7.63. The van der Waals surface area contributed by atoms with E-state index in [0.29, 0.717) is 29.8 Å². The molecule has 1 aliphatic carbocycles. The van der Waals surface area contributed by atoms with Crippen LogP contribution in [0.15, 0.2) is 30.6 Å². The second kappa shape index (κ2) is 8.50. The monoisotopic (exact) mass is 431 g/mol. The summed E-state index contributed by atoms with van der Waals surface area (Å²) in [4.78, 5) is 21.6. The third kappa shape index (κ3) is 4.68. The van der Waals surface area contributed by atoms with Crippen molar-refractivity contribution in [3.63, 3.8) is 0 Å². The molecule has 1 fully saturated rings. The molecule has 4 rings (SSSR count). The summed E-state index contributed by atoms with van der Waals surface area (Å²) in [7, 11) is 0. The molecule has 1 aliphatic heterocycles. The van der Waals surface area contributed by atoms with Gasteiger partial charge in [0.25, 0.3) is 0 Å². The van der Waals surface area contributed by atoms with Crippen LogP contribution in [0.5, 0.6) is 0 Å². The van der Waals surface area contributed by atoms with Crippen LogP contribution in [0.25, 0.3) is 0 Å². The zero-order valence-electron chi connectivity index (χ0n) is 16.5. The van der Waals surface area contributed by atoms with Crippen LogP contribution >= 0.6 is 23.4 Å². The van der Waals surface area contributed by atoms with Crippen molar-refractivity contribution < 1.29 is 4.79 Å². The van der Waals surface area contributed by atoms with E-state index in [4.69, 9.17) is 17.3 Å². The molecule has 2 heterocycles. The fourth-order valence-corrected chi connectivity index (χ4v) is 4.98. The summed E-state index contributed by atoms with van der Waals surface area (Å²) in [5, 5.41) is 7.49. The summed E-state index contributed by atoms with van der Waals surface area (Å²) < 4.78 is 0. The molecule has 0 spiro atoms. The molecule has 2 aromatic rings. The van der Waals surface area contributed by atoms with Gasteiger partial charge in [0.1, 0.15) is 12.1 Å². The predicted octanol–water partition coefficient (Wildman–Crippen LogP) is 3.32. The standard InChI is InChI=1S/C21H26ClN5OS/c1-13-18-17(11-29-13)26-12-27-19(18)24-8-9-25-20(28)16(21(23)6-7-21)10-14-2-4-15(22)5-3-14/h2-5,12-13,16H,6-11,23H2,1H3,(H,25,28)(H,24,26,27)/t13-,16?/m1/s1. The van der Waals surface area contributed by atoms with E-state index >= 15 is 0 Å². The van der Waals surface area contributed by atoms with E-state index in [1.165, 1.54) is 5.56 Å². The molecule has 154 valence electrons. The molecule has 0 saturated heterocycles. The van der Waals surface area contributed by atoms with Crippen molar-refractivity contribution in [3.05, 3.63) is 52.4 Å². The van der Waals surface area contributed by atoms with Crippen molar-refractivity contribution in [2.45, 2.75) is 42.7 Å². The van der Waals surface area contributed by atoms with Gasteiger partial charge in [-0.1, -0.05) is 23.7 Å². The van der Waals surface area contributed by atoms with Crippen LogP contribution < -0.4 is 16.4 Å². The van der Waals surface area contributed by atoms with Gasteiger partial charge in [0.05, 0.1) is 11.6 Å². The summed E-state index contributed by atoms with van der Waals surface area (Å²) in [5.41, 5.74) is 9.39. The zero-order valence-corrected chi connectivity index (χ0v) is 18.0. The Morgan fingerprint density at radius 1 is 1.31 bits per heavy atom. The number of aromatic nitrogens is 2. The molecule has 1 amide bonds. The maximum absolute atomic E-state index is 12.9. The number of nitrogens with zero attached hydrogens (tertiary/aromatic N) is 2. The van der Waals surface area contributed by atoms with Crippen LogP contribution in [0.3, 0.4) is 0 Å². The number of halogens is 1. The lowest BCUT2D eigenvalue weighted by Gasteiger charge is -2.23. The minimum Gasteiger partial charge on any atom is -0.368 e. The molecule has 2 atom stereocenters. The summed E-state index contributed by atoms with van der Waals surface area (Å²) in [6.07, 6.45) is 4.01. The summed E-state index contributed by atoms with van der Waals surface area (Å²) in [5.74, 6) is 1.58. The van der Waals surface area contributed by atoms with Gasteiger partial charge in [-0.25, -0.2) is 9.97 Å². The molecule has 1 aromatic carbocycles.